The summed E-state index contributed by atoms with van der Waals surface area (Å²) in [5, 5.41) is 10.1. The fourth-order valence-electron chi connectivity index (χ4n) is 4.20. The lowest BCUT2D eigenvalue weighted by Crippen LogP contribution is -2.12. The highest BCUT2D eigenvalue weighted by atomic mass is 32.1. The van der Waals surface area contributed by atoms with Gasteiger partial charge in [0.2, 0.25) is 0 Å². The first kappa shape index (κ1) is 19.5. The van der Waals surface area contributed by atoms with E-state index in [1.807, 2.05) is 24.3 Å². The molecule has 1 aromatic heterocycles. The van der Waals surface area contributed by atoms with Gasteiger partial charge in [0.25, 0.3) is 0 Å². The first-order valence-electron chi connectivity index (χ1n) is 10.3. The van der Waals surface area contributed by atoms with Gasteiger partial charge in [0.15, 0.2) is 6.61 Å². The molecule has 0 amide bonds. The average Bonchev–Trinajstić information content (AvgIpc) is 3.23. The lowest BCUT2D eigenvalue weighted by atomic mass is 9.91. The summed E-state index contributed by atoms with van der Waals surface area (Å²) in [4.78, 5) is 17.4. The molecule has 5 rings (SSSR count). The standard InChI is InChI=1S/C26H21NO3S/c28-23(29)16-30-21-13-7-12-20-19(21)14-15-22-25(20)27-26(31-22)24(17-8-3-1-4-9-17)18-10-5-2-6-11-18/h1-13,24H,14-16H2,(H,28,29). The molecule has 1 aliphatic rings. The van der Waals surface area contributed by atoms with Gasteiger partial charge in [-0.25, -0.2) is 9.78 Å². The van der Waals surface area contributed by atoms with Crippen LogP contribution < -0.4 is 4.74 Å². The number of aliphatic carboxylic acids is 1. The van der Waals surface area contributed by atoms with E-state index >= 15 is 0 Å². The van der Waals surface area contributed by atoms with E-state index in [4.69, 9.17) is 14.8 Å². The normalized spacial score (nSPS) is 12.3. The van der Waals surface area contributed by atoms with E-state index in [0.717, 1.165) is 34.7 Å². The number of ether oxygens (including phenoxy) is 1. The minimum Gasteiger partial charge on any atom is -0.482 e. The van der Waals surface area contributed by atoms with Crippen molar-refractivity contribution < 1.29 is 14.6 Å². The number of benzene rings is 3. The third-order valence-electron chi connectivity index (χ3n) is 5.57. The van der Waals surface area contributed by atoms with Gasteiger partial charge in [-0.3, -0.25) is 0 Å². The highest BCUT2D eigenvalue weighted by Gasteiger charge is 2.27. The molecule has 0 saturated carbocycles. The maximum atomic E-state index is 11.0. The Morgan fingerprint density at radius 2 is 1.61 bits per heavy atom. The van der Waals surface area contributed by atoms with Crippen molar-refractivity contribution in [2.45, 2.75) is 18.8 Å². The molecule has 0 fully saturated rings. The van der Waals surface area contributed by atoms with Crippen LogP contribution in [0, 0.1) is 0 Å². The summed E-state index contributed by atoms with van der Waals surface area (Å²) in [6, 6.07) is 26.8. The molecule has 1 N–H and O–H groups in total. The maximum absolute atomic E-state index is 11.0. The molecule has 0 spiro atoms. The fraction of sp³-hybridized carbons (Fsp3) is 0.154. The van der Waals surface area contributed by atoms with E-state index in [-0.39, 0.29) is 12.5 Å². The smallest absolute Gasteiger partial charge is 0.341 e. The van der Waals surface area contributed by atoms with Gasteiger partial charge in [0.05, 0.1) is 11.6 Å². The molecular weight excluding hydrogens is 406 g/mol. The summed E-state index contributed by atoms with van der Waals surface area (Å²) in [5.41, 5.74) is 5.53. The van der Waals surface area contributed by atoms with Gasteiger partial charge in [-0.2, -0.15) is 0 Å². The highest BCUT2D eigenvalue weighted by Crippen LogP contribution is 2.43. The number of nitrogens with zero attached hydrogens (tertiary/aromatic N) is 1. The van der Waals surface area contributed by atoms with Crippen LogP contribution in [0.15, 0.2) is 78.9 Å². The van der Waals surface area contributed by atoms with Crippen molar-refractivity contribution in [3.05, 3.63) is 105 Å². The second kappa shape index (κ2) is 8.36. The molecule has 1 aliphatic carbocycles. The number of aryl methyl sites for hydroxylation is 1. The van der Waals surface area contributed by atoms with Crippen LogP contribution in [0.1, 0.15) is 32.5 Å². The molecule has 0 saturated heterocycles. The zero-order valence-corrected chi connectivity index (χ0v) is 17.6. The average molecular weight is 428 g/mol. The van der Waals surface area contributed by atoms with Crippen LogP contribution in [-0.2, 0) is 17.6 Å². The molecule has 0 radical (unpaired) electrons. The molecule has 154 valence electrons. The van der Waals surface area contributed by atoms with Gasteiger partial charge in [-0.1, -0.05) is 72.8 Å². The van der Waals surface area contributed by atoms with Crippen LogP contribution in [0.25, 0.3) is 11.3 Å². The Hall–Kier alpha value is -3.44. The number of hydrogen-bond donors (Lipinski definition) is 1. The molecule has 3 aromatic carbocycles. The highest BCUT2D eigenvalue weighted by molar-refractivity contribution is 7.12. The molecule has 1 heterocycles. The zero-order valence-electron chi connectivity index (χ0n) is 16.8. The van der Waals surface area contributed by atoms with Gasteiger partial charge in [0, 0.05) is 16.0 Å². The Kier molecular flexibility index (Phi) is 5.26. The first-order chi connectivity index (χ1) is 15.2. The molecule has 0 bridgehead atoms. The van der Waals surface area contributed by atoms with Crippen LogP contribution in [0.5, 0.6) is 5.75 Å². The Morgan fingerprint density at radius 3 is 2.26 bits per heavy atom. The topological polar surface area (TPSA) is 59.4 Å². The fourth-order valence-corrected chi connectivity index (χ4v) is 5.44. The maximum Gasteiger partial charge on any atom is 0.341 e. The number of hydrogen-bond acceptors (Lipinski definition) is 4. The van der Waals surface area contributed by atoms with Crippen LogP contribution in [0.4, 0.5) is 0 Å². The van der Waals surface area contributed by atoms with E-state index < -0.39 is 5.97 Å². The molecule has 31 heavy (non-hydrogen) atoms. The lowest BCUT2D eigenvalue weighted by Gasteiger charge is -2.18. The minimum atomic E-state index is -0.974. The van der Waals surface area contributed by atoms with E-state index in [2.05, 4.69) is 54.6 Å². The van der Waals surface area contributed by atoms with Crippen molar-refractivity contribution >= 4 is 17.3 Å². The largest absolute Gasteiger partial charge is 0.482 e. The molecule has 0 atom stereocenters. The van der Waals surface area contributed by atoms with E-state index in [0.29, 0.717) is 5.75 Å². The Balaban J connectivity index is 1.58. The number of carboxylic acids is 1. The molecular formula is C26H21NO3S. The molecule has 5 heteroatoms. The summed E-state index contributed by atoms with van der Waals surface area (Å²) in [5.74, 6) is -0.255. The van der Waals surface area contributed by atoms with Crippen molar-refractivity contribution in [2.24, 2.45) is 0 Å². The quantitative estimate of drug-likeness (QED) is 0.438. The van der Waals surface area contributed by atoms with Crippen molar-refractivity contribution in [1.82, 2.24) is 4.98 Å². The van der Waals surface area contributed by atoms with Crippen molar-refractivity contribution in [3.63, 3.8) is 0 Å². The summed E-state index contributed by atoms with van der Waals surface area (Å²) >= 11 is 1.77. The molecule has 0 unspecified atom stereocenters. The van der Waals surface area contributed by atoms with Crippen molar-refractivity contribution in [1.29, 1.82) is 0 Å². The number of aromatic nitrogens is 1. The van der Waals surface area contributed by atoms with Crippen LogP contribution in [-0.4, -0.2) is 22.7 Å². The molecule has 4 aromatic rings. The van der Waals surface area contributed by atoms with E-state index in [9.17, 15) is 4.79 Å². The summed E-state index contributed by atoms with van der Waals surface area (Å²) < 4.78 is 5.55. The Labute approximate surface area is 184 Å². The number of rotatable bonds is 6. The van der Waals surface area contributed by atoms with Gasteiger partial charge in [-0.15, -0.1) is 11.3 Å². The van der Waals surface area contributed by atoms with Crippen molar-refractivity contribution in [2.75, 3.05) is 6.61 Å². The van der Waals surface area contributed by atoms with E-state index in [1.165, 1.54) is 16.0 Å². The number of fused-ring (bicyclic) bond motifs is 3. The number of thiazole rings is 1. The van der Waals surface area contributed by atoms with Gasteiger partial charge >= 0.3 is 5.97 Å². The molecule has 0 aliphatic heterocycles. The van der Waals surface area contributed by atoms with Gasteiger partial charge in [-0.05, 0) is 30.0 Å². The van der Waals surface area contributed by atoms with Crippen LogP contribution >= 0.6 is 11.3 Å². The predicted octanol–water partition coefficient (Wildman–Crippen LogP) is 5.55. The monoisotopic (exact) mass is 427 g/mol. The van der Waals surface area contributed by atoms with Crippen molar-refractivity contribution in [3.8, 4) is 17.0 Å². The summed E-state index contributed by atoms with van der Waals surface area (Å²) in [6.45, 7) is -0.338. The summed E-state index contributed by atoms with van der Waals surface area (Å²) in [7, 11) is 0. The lowest BCUT2D eigenvalue weighted by molar-refractivity contribution is -0.139. The van der Waals surface area contributed by atoms with Gasteiger partial charge < -0.3 is 9.84 Å². The SMILES string of the molecule is O=C(O)COc1cccc2c1CCc1sc(C(c3ccccc3)c3ccccc3)nc1-2. The Bertz CT molecular complexity index is 1180. The summed E-state index contributed by atoms with van der Waals surface area (Å²) in [6.07, 6.45) is 1.70. The minimum absolute atomic E-state index is 0.0768. The first-order valence-corrected chi connectivity index (χ1v) is 11.1. The number of carboxylic acid groups (broad SMARTS) is 1. The van der Waals surface area contributed by atoms with Gasteiger partial charge in [0.1, 0.15) is 10.8 Å². The molecule has 4 nitrogen and oxygen atoms in total. The predicted molar refractivity (Wildman–Crippen MR) is 122 cm³/mol. The second-order valence-electron chi connectivity index (χ2n) is 7.54. The number of carbonyl (C=O) groups is 1. The van der Waals surface area contributed by atoms with Crippen LogP contribution in [0.2, 0.25) is 0 Å². The van der Waals surface area contributed by atoms with E-state index in [1.54, 1.807) is 11.3 Å². The second-order valence-corrected chi connectivity index (χ2v) is 8.66. The van der Waals surface area contributed by atoms with Crippen LogP contribution in [0.3, 0.4) is 0 Å². The third kappa shape index (κ3) is 3.84. The third-order valence-corrected chi connectivity index (χ3v) is 6.75. The zero-order chi connectivity index (χ0) is 21.2. The Morgan fingerprint density at radius 1 is 0.935 bits per heavy atom.